The third-order valence-corrected chi connectivity index (χ3v) is 3.45. The van der Waals surface area contributed by atoms with Gasteiger partial charge < -0.3 is 9.64 Å². The maximum atomic E-state index is 11.7. The van der Waals surface area contributed by atoms with Crippen molar-refractivity contribution in [2.75, 3.05) is 33.9 Å². The van der Waals surface area contributed by atoms with E-state index in [-0.39, 0.29) is 16.6 Å². The molecule has 0 rings (SSSR count). The van der Waals surface area contributed by atoms with Gasteiger partial charge in [0.2, 0.25) is 0 Å². The number of ether oxygens (including phenoxy) is 1. The summed E-state index contributed by atoms with van der Waals surface area (Å²) in [6.45, 7) is 12.5. The van der Waals surface area contributed by atoms with E-state index < -0.39 is 0 Å². The molecule has 3 nitrogen and oxygen atoms in total. The Labute approximate surface area is 137 Å². The first-order valence-electron chi connectivity index (χ1n) is 8.13. The lowest BCUT2D eigenvalue weighted by Crippen LogP contribution is -2.17. The van der Waals surface area contributed by atoms with E-state index in [0.717, 1.165) is 26.0 Å². The number of rotatable bonds is 10. The van der Waals surface area contributed by atoms with Crippen LogP contribution in [0.3, 0.4) is 0 Å². The summed E-state index contributed by atoms with van der Waals surface area (Å²) in [5, 5.41) is 0. The van der Waals surface area contributed by atoms with E-state index in [1.165, 1.54) is 0 Å². The Morgan fingerprint density at radius 1 is 1.05 bits per heavy atom. The molecule has 0 spiro atoms. The summed E-state index contributed by atoms with van der Waals surface area (Å²) in [7, 11) is 4.14. The number of carbonyl (C=O) groups excluding carboxylic acids is 1. The first kappa shape index (κ1) is 21.1. The maximum Gasteiger partial charge on any atom is 0.160 e. The van der Waals surface area contributed by atoms with Crippen molar-refractivity contribution in [3.8, 4) is 0 Å². The first-order valence-corrected chi connectivity index (χ1v) is 8.13. The molecule has 0 amide bonds. The predicted molar refractivity (Wildman–Crippen MR) is 95.1 cm³/mol. The molecule has 0 saturated carbocycles. The molecule has 0 unspecified atom stereocenters. The number of hydrogen-bond acceptors (Lipinski definition) is 3. The van der Waals surface area contributed by atoms with Gasteiger partial charge in [-0.05, 0) is 38.4 Å². The molecule has 0 bridgehead atoms. The van der Waals surface area contributed by atoms with E-state index in [1.54, 1.807) is 6.08 Å². The highest BCUT2D eigenvalue weighted by molar-refractivity contribution is 5.93. The lowest BCUT2D eigenvalue weighted by atomic mass is 9.86. The van der Waals surface area contributed by atoms with Crippen molar-refractivity contribution in [3.63, 3.8) is 0 Å². The molecule has 0 aliphatic carbocycles. The summed E-state index contributed by atoms with van der Waals surface area (Å²) in [6, 6.07) is 0. The van der Waals surface area contributed by atoms with Gasteiger partial charge in [0, 0.05) is 18.6 Å². The minimum absolute atomic E-state index is 0.141. The molecule has 0 aromatic heterocycles. The summed E-state index contributed by atoms with van der Waals surface area (Å²) < 4.78 is 5.61. The van der Waals surface area contributed by atoms with Crippen LogP contribution in [0.5, 0.6) is 0 Å². The van der Waals surface area contributed by atoms with E-state index in [2.05, 4.69) is 45.0 Å². The number of carbonyl (C=O) groups is 1. The van der Waals surface area contributed by atoms with Crippen LogP contribution in [0.4, 0.5) is 0 Å². The zero-order valence-electron chi connectivity index (χ0n) is 15.6. The molecule has 0 saturated heterocycles. The molecular formula is C19H35NO2. The van der Waals surface area contributed by atoms with E-state index in [0.29, 0.717) is 6.61 Å². The van der Waals surface area contributed by atoms with Crippen molar-refractivity contribution in [2.24, 2.45) is 10.8 Å². The Morgan fingerprint density at radius 3 is 2.23 bits per heavy atom. The molecule has 22 heavy (non-hydrogen) atoms. The Bertz CT molecular complexity index is 373. The van der Waals surface area contributed by atoms with Crippen LogP contribution in [-0.2, 0) is 9.53 Å². The Balaban J connectivity index is 3.88. The smallest absolute Gasteiger partial charge is 0.160 e. The molecule has 0 aromatic rings. The van der Waals surface area contributed by atoms with Crippen LogP contribution in [0.2, 0.25) is 0 Å². The van der Waals surface area contributed by atoms with Gasteiger partial charge in [-0.3, -0.25) is 4.79 Å². The van der Waals surface area contributed by atoms with Gasteiger partial charge in [0.1, 0.15) is 0 Å². The van der Waals surface area contributed by atoms with Crippen molar-refractivity contribution >= 4 is 5.78 Å². The molecule has 0 radical (unpaired) electrons. The van der Waals surface area contributed by atoms with Crippen LogP contribution in [0.15, 0.2) is 24.3 Å². The summed E-state index contributed by atoms with van der Waals surface area (Å²) in [6.07, 6.45) is 9.99. The third-order valence-electron chi connectivity index (χ3n) is 3.45. The molecule has 0 heterocycles. The molecule has 0 atom stereocenters. The topological polar surface area (TPSA) is 29.5 Å². The lowest BCUT2D eigenvalue weighted by molar-refractivity contribution is -0.121. The van der Waals surface area contributed by atoms with Gasteiger partial charge in [0.25, 0.3) is 0 Å². The Morgan fingerprint density at radius 2 is 1.68 bits per heavy atom. The number of hydrogen-bond donors (Lipinski definition) is 0. The van der Waals surface area contributed by atoms with Crippen LogP contribution in [0.1, 0.15) is 47.5 Å². The zero-order valence-corrected chi connectivity index (χ0v) is 15.6. The van der Waals surface area contributed by atoms with Crippen LogP contribution in [0, 0.1) is 10.8 Å². The van der Waals surface area contributed by atoms with Crippen LogP contribution in [0.25, 0.3) is 0 Å². The van der Waals surface area contributed by atoms with Gasteiger partial charge in [0.05, 0.1) is 6.61 Å². The molecule has 0 aromatic carbocycles. The average molecular weight is 309 g/mol. The SMILES string of the molecule is CN(C)C/C=C/CC(C)(C)CCOC/C=C/C(=O)C(C)(C)C. The van der Waals surface area contributed by atoms with Gasteiger partial charge in [-0.15, -0.1) is 0 Å². The Hall–Kier alpha value is -0.930. The Kier molecular flexibility index (Phi) is 9.54. The number of ketones is 1. The first-order chi connectivity index (χ1) is 10.0. The van der Waals surface area contributed by atoms with Gasteiger partial charge in [0.15, 0.2) is 5.78 Å². The van der Waals surface area contributed by atoms with Gasteiger partial charge in [-0.1, -0.05) is 52.8 Å². The van der Waals surface area contributed by atoms with Crippen LogP contribution >= 0.6 is 0 Å². The molecule has 128 valence electrons. The third kappa shape index (κ3) is 11.7. The molecular weight excluding hydrogens is 274 g/mol. The van der Waals surface area contributed by atoms with Crippen molar-refractivity contribution in [3.05, 3.63) is 24.3 Å². The molecule has 3 heteroatoms. The summed E-state index contributed by atoms with van der Waals surface area (Å²) >= 11 is 0. The maximum absolute atomic E-state index is 11.7. The molecule has 0 aliphatic rings. The van der Waals surface area contributed by atoms with Crippen LogP contribution in [-0.4, -0.2) is 44.5 Å². The van der Waals surface area contributed by atoms with Crippen molar-refractivity contribution in [1.29, 1.82) is 0 Å². The second kappa shape index (κ2) is 9.96. The fourth-order valence-electron chi connectivity index (χ4n) is 1.69. The zero-order chi connectivity index (χ0) is 17.2. The average Bonchev–Trinajstić information content (AvgIpc) is 2.37. The van der Waals surface area contributed by atoms with E-state index >= 15 is 0 Å². The fraction of sp³-hybridized carbons (Fsp3) is 0.737. The predicted octanol–water partition coefficient (Wildman–Crippen LogP) is 4.10. The van der Waals surface area contributed by atoms with E-state index in [4.69, 9.17) is 4.74 Å². The van der Waals surface area contributed by atoms with Crippen molar-refractivity contribution in [1.82, 2.24) is 4.90 Å². The highest BCUT2D eigenvalue weighted by atomic mass is 16.5. The highest BCUT2D eigenvalue weighted by Gasteiger charge is 2.18. The second-order valence-electron chi connectivity index (χ2n) is 7.94. The lowest BCUT2D eigenvalue weighted by Gasteiger charge is -2.22. The van der Waals surface area contributed by atoms with Crippen molar-refractivity contribution in [2.45, 2.75) is 47.5 Å². The molecule has 0 aliphatic heterocycles. The van der Waals surface area contributed by atoms with E-state index in [1.807, 2.05) is 26.8 Å². The van der Waals surface area contributed by atoms with Gasteiger partial charge in [-0.2, -0.15) is 0 Å². The normalized spacial score (nSPS) is 13.6. The number of allylic oxidation sites excluding steroid dienone is 2. The number of nitrogens with zero attached hydrogens (tertiary/aromatic N) is 1. The fourth-order valence-corrected chi connectivity index (χ4v) is 1.69. The minimum atomic E-state index is -0.308. The summed E-state index contributed by atoms with van der Waals surface area (Å²) in [5.41, 5.74) is -0.0643. The van der Waals surface area contributed by atoms with Crippen LogP contribution < -0.4 is 0 Å². The quantitative estimate of drug-likeness (QED) is 0.346. The largest absolute Gasteiger partial charge is 0.377 e. The second-order valence-corrected chi connectivity index (χ2v) is 7.94. The summed E-state index contributed by atoms with van der Waals surface area (Å²) in [4.78, 5) is 13.8. The van der Waals surface area contributed by atoms with Crippen molar-refractivity contribution < 1.29 is 9.53 Å². The highest BCUT2D eigenvalue weighted by Crippen LogP contribution is 2.25. The van der Waals surface area contributed by atoms with E-state index in [9.17, 15) is 4.79 Å². The number of likely N-dealkylation sites (N-methyl/N-ethyl adjacent to an activating group) is 1. The molecule has 0 N–H and O–H groups in total. The summed E-state index contributed by atoms with van der Waals surface area (Å²) in [5.74, 6) is 0.141. The van der Waals surface area contributed by atoms with Gasteiger partial charge in [-0.25, -0.2) is 0 Å². The minimum Gasteiger partial charge on any atom is -0.377 e. The monoisotopic (exact) mass is 309 g/mol. The van der Waals surface area contributed by atoms with Gasteiger partial charge >= 0.3 is 0 Å². The molecule has 0 fully saturated rings. The standard InChI is InChI=1S/C19H35NO2/c1-18(2,3)17(21)11-10-15-22-16-13-19(4,5)12-8-9-14-20(6)7/h8-11H,12-16H2,1-7H3/b9-8+,11-10+.